The zero-order valence-corrected chi connectivity index (χ0v) is 8.38. The normalized spacial score (nSPS) is 13.1. The van der Waals surface area contributed by atoms with E-state index in [2.05, 4.69) is 6.92 Å². The molecule has 0 saturated heterocycles. The molecule has 0 heterocycles. The average molecular weight is 196 g/mol. The molecule has 66 valence electrons. The molecule has 0 radical (unpaired) electrons. The van der Waals surface area contributed by atoms with Crippen LogP contribution < -0.4 is 5.73 Å². The lowest BCUT2D eigenvalue weighted by atomic mass is 10.1. The molecule has 0 aliphatic heterocycles. The van der Waals surface area contributed by atoms with E-state index in [0.717, 1.165) is 24.3 Å². The predicted octanol–water partition coefficient (Wildman–Crippen LogP) is 2.87. The van der Waals surface area contributed by atoms with Crippen molar-refractivity contribution in [3.05, 3.63) is 10.6 Å². The third-order valence-corrected chi connectivity index (χ3v) is 2.22. The van der Waals surface area contributed by atoms with Gasteiger partial charge in [0, 0.05) is 10.9 Å². The molecule has 2 N–H and O–H groups in total. The molecule has 3 heteroatoms. The van der Waals surface area contributed by atoms with Gasteiger partial charge in [0.05, 0.1) is 0 Å². The average Bonchev–Trinajstić information content (AvgIpc) is 2.00. The van der Waals surface area contributed by atoms with Gasteiger partial charge in [-0.05, 0) is 25.8 Å². The lowest BCUT2D eigenvalue weighted by molar-refractivity contribution is 0.876. The highest BCUT2D eigenvalue weighted by Crippen LogP contribution is 2.19. The van der Waals surface area contributed by atoms with E-state index in [1.165, 1.54) is 5.57 Å². The zero-order valence-electron chi connectivity index (χ0n) is 6.87. The Labute approximate surface area is 78.6 Å². The third-order valence-electron chi connectivity index (χ3n) is 1.57. The first-order chi connectivity index (χ1) is 5.26. The van der Waals surface area contributed by atoms with Crippen LogP contribution in [0, 0.1) is 0 Å². The summed E-state index contributed by atoms with van der Waals surface area (Å²) in [5.41, 5.74) is 6.66. The van der Waals surface area contributed by atoms with Gasteiger partial charge in [0.25, 0.3) is 0 Å². The Balaban J connectivity index is 4.02. The fourth-order valence-electron chi connectivity index (χ4n) is 0.938. The Bertz CT molecular complexity index is 132. The first kappa shape index (κ1) is 11.3. The molecule has 0 rings (SSSR count). The van der Waals surface area contributed by atoms with Crippen LogP contribution in [0.3, 0.4) is 0 Å². The third kappa shape index (κ3) is 4.67. The topological polar surface area (TPSA) is 26.0 Å². The minimum atomic E-state index is 0.590. The van der Waals surface area contributed by atoms with Crippen LogP contribution in [0.5, 0.6) is 0 Å². The Morgan fingerprint density at radius 2 is 2.00 bits per heavy atom. The van der Waals surface area contributed by atoms with E-state index >= 15 is 0 Å². The molecule has 0 aliphatic rings. The van der Waals surface area contributed by atoms with Gasteiger partial charge < -0.3 is 5.73 Å². The zero-order chi connectivity index (χ0) is 8.69. The van der Waals surface area contributed by atoms with E-state index in [1.807, 2.05) is 0 Å². The summed E-state index contributed by atoms with van der Waals surface area (Å²) >= 11 is 11.5. The van der Waals surface area contributed by atoms with Gasteiger partial charge in [0.1, 0.15) is 0 Å². The summed E-state index contributed by atoms with van der Waals surface area (Å²) in [7, 11) is 0. The maximum Gasteiger partial charge on any atom is 0.0272 e. The Hall–Kier alpha value is 0.280. The summed E-state index contributed by atoms with van der Waals surface area (Å²) in [4.78, 5) is 0. The van der Waals surface area contributed by atoms with Crippen LogP contribution in [0.25, 0.3) is 0 Å². The van der Waals surface area contributed by atoms with Gasteiger partial charge in [0.15, 0.2) is 0 Å². The lowest BCUT2D eigenvalue weighted by Gasteiger charge is -2.05. The first-order valence-electron chi connectivity index (χ1n) is 3.88. The van der Waals surface area contributed by atoms with Gasteiger partial charge in [-0.15, -0.1) is 11.6 Å². The number of alkyl halides is 1. The summed E-state index contributed by atoms with van der Waals surface area (Å²) in [6.45, 7) is 2.75. The summed E-state index contributed by atoms with van der Waals surface area (Å²) in [5.74, 6) is 0.590. The second kappa shape index (κ2) is 6.96. The van der Waals surface area contributed by atoms with Crippen molar-refractivity contribution in [3.8, 4) is 0 Å². The van der Waals surface area contributed by atoms with Crippen molar-refractivity contribution in [2.24, 2.45) is 5.73 Å². The molecular weight excluding hydrogens is 181 g/mol. The van der Waals surface area contributed by atoms with Crippen LogP contribution in [0.4, 0.5) is 0 Å². The largest absolute Gasteiger partial charge is 0.330 e. The molecule has 0 aliphatic carbocycles. The minimum absolute atomic E-state index is 0.590. The van der Waals surface area contributed by atoms with E-state index < -0.39 is 0 Å². The molecule has 0 bridgehead atoms. The van der Waals surface area contributed by atoms with Crippen molar-refractivity contribution >= 4 is 23.2 Å². The van der Waals surface area contributed by atoms with Gasteiger partial charge in [-0.3, -0.25) is 0 Å². The van der Waals surface area contributed by atoms with Crippen molar-refractivity contribution in [1.82, 2.24) is 0 Å². The maximum absolute atomic E-state index is 5.97. The van der Waals surface area contributed by atoms with Crippen LogP contribution >= 0.6 is 23.2 Å². The molecule has 0 atom stereocenters. The second-order valence-corrected chi connectivity index (χ2v) is 3.17. The Morgan fingerprint density at radius 3 is 2.36 bits per heavy atom. The smallest absolute Gasteiger partial charge is 0.0272 e. The molecule has 11 heavy (non-hydrogen) atoms. The molecule has 0 aromatic carbocycles. The Morgan fingerprint density at radius 1 is 1.36 bits per heavy atom. The first-order valence-corrected chi connectivity index (χ1v) is 4.79. The van der Waals surface area contributed by atoms with Crippen molar-refractivity contribution in [2.75, 3.05) is 12.4 Å². The lowest BCUT2D eigenvalue weighted by Crippen LogP contribution is -2.01. The van der Waals surface area contributed by atoms with E-state index in [9.17, 15) is 0 Å². The van der Waals surface area contributed by atoms with Gasteiger partial charge in [-0.1, -0.05) is 24.1 Å². The number of hydrogen-bond acceptors (Lipinski definition) is 1. The highest BCUT2D eigenvalue weighted by atomic mass is 35.5. The van der Waals surface area contributed by atoms with Gasteiger partial charge >= 0.3 is 0 Å². The molecule has 0 amide bonds. The molecule has 0 saturated carbocycles. The van der Waals surface area contributed by atoms with Crippen LogP contribution in [-0.4, -0.2) is 12.4 Å². The van der Waals surface area contributed by atoms with Crippen molar-refractivity contribution in [2.45, 2.75) is 26.2 Å². The number of rotatable bonds is 5. The van der Waals surface area contributed by atoms with Gasteiger partial charge in [0.2, 0.25) is 0 Å². The number of allylic oxidation sites excluding steroid dienone is 1. The fraction of sp³-hybridized carbons (Fsp3) is 0.750. The predicted molar refractivity (Wildman–Crippen MR) is 52.2 cm³/mol. The molecular formula is C8H15Cl2N. The molecule has 0 aromatic heterocycles. The summed E-state index contributed by atoms with van der Waals surface area (Å²) in [6, 6.07) is 0. The fourth-order valence-corrected chi connectivity index (χ4v) is 1.55. The van der Waals surface area contributed by atoms with Crippen LogP contribution in [0.15, 0.2) is 10.6 Å². The molecule has 1 nitrogen and oxygen atoms in total. The van der Waals surface area contributed by atoms with Crippen LogP contribution in [0.2, 0.25) is 0 Å². The molecule has 0 unspecified atom stereocenters. The number of hydrogen-bond donors (Lipinski definition) is 1. The number of nitrogens with two attached hydrogens (primary N) is 1. The van der Waals surface area contributed by atoms with E-state index in [-0.39, 0.29) is 0 Å². The van der Waals surface area contributed by atoms with Crippen LogP contribution in [0.1, 0.15) is 26.2 Å². The van der Waals surface area contributed by atoms with Crippen molar-refractivity contribution < 1.29 is 0 Å². The molecule has 0 fully saturated rings. The maximum atomic E-state index is 5.97. The standard InChI is InChI=1S/C8H15Cl2N/c1-2-7(4-6-11)8(10)3-5-9/h2-6,11H2,1H3/b8-7-. The van der Waals surface area contributed by atoms with Gasteiger partial charge in [-0.2, -0.15) is 0 Å². The van der Waals surface area contributed by atoms with Crippen LogP contribution in [-0.2, 0) is 0 Å². The highest BCUT2D eigenvalue weighted by Gasteiger charge is 2.00. The monoisotopic (exact) mass is 195 g/mol. The molecule has 0 aromatic rings. The minimum Gasteiger partial charge on any atom is -0.330 e. The van der Waals surface area contributed by atoms with Gasteiger partial charge in [-0.25, -0.2) is 0 Å². The second-order valence-electron chi connectivity index (χ2n) is 2.34. The highest BCUT2D eigenvalue weighted by molar-refractivity contribution is 6.30. The summed E-state index contributed by atoms with van der Waals surface area (Å²) in [6.07, 6.45) is 2.64. The SMILES string of the molecule is CC/C(CCN)=C(/Cl)CCCl. The quantitative estimate of drug-likeness (QED) is 0.672. The van der Waals surface area contributed by atoms with E-state index in [1.54, 1.807) is 0 Å². The van der Waals surface area contributed by atoms with Crippen molar-refractivity contribution in [3.63, 3.8) is 0 Å². The summed E-state index contributed by atoms with van der Waals surface area (Å²) < 4.78 is 0. The Kier molecular flexibility index (Phi) is 7.13. The molecule has 0 spiro atoms. The van der Waals surface area contributed by atoms with E-state index in [0.29, 0.717) is 12.4 Å². The number of halogens is 2. The van der Waals surface area contributed by atoms with E-state index in [4.69, 9.17) is 28.9 Å². The van der Waals surface area contributed by atoms with Crippen molar-refractivity contribution in [1.29, 1.82) is 0 Å². The summed E-state index contributed by atoms with van der Waals surface area (Å²) in [5, 5.41) is 0.896.